The number of carbonyl (C=O) groups excluding carboxylic acids is 2. The van der Waals surface area contributed by atoms with Crippen LogP contribution in [0.1, 0.15) is 20.8 Å². The topological polar surface area (TPSA) is 55.4 Å². The summed E-state index contributed by atoms with van der Waals surface area (Å²) in [6.07, 6.45) is 0.247. The van der Waals surface area contributed by atoms with Gasteiger partial charge in [-0.15, -0.1) is 11.3 Å². The van der Waals surface area contributed by atoms with Crippen LogP contribution in [0.3, 0.4) is 0 Å². The molecule has 0 bridgehead atoms. The highest BCUT2D eigenvalue weighted by Gasteiger charge is 2.19. The molecule has 3 aromatic rings. The highest BCUT2D eigenvalue weighted by Crippen LogP contribution is 2.35. The van der Waals surface area contributed by atoms with Crippen molar-refractivity contribution in [2.24, 2.45) is 0 Å². The lowest BCUT2D eigenvalue weighted by molar-refractivity contribution is -0.115. The monoisotopic (exact) mass is 365 g/mol. The molecule has 2 aromatic carbocycles. The molecule has 4 nitrogen and oxygen atoms in total. The smallest absolute Gasteiger partial charge is 0.350 e. The second-order valence-electron chi connectivity index (χ2n) is 5.92. The van der Waals surface area contributed by atoms with Crippen molar-refractivity contribution in [3.8, 4) is 10.4 Å². The standard InChI is InChI=1S/C21H19NO3S/c1-14-8-10-15(11-9-14)12-19(23)22-17-13-18(16-6-4-3-5-7-16)26-20(17)21(24)25-2/h3-11,13H,12H2,1-2H3,(H,22,23). The molecule has 132 valence electrons. The molecule has 0 atom stereocenters. The summed E-state index contributed by atoms with van der Waals surface area (Å²) in [4.78, 5) is 25.8. The maximum absolute atomic E-state index is 12.4. The minimum Gasteiger partial charge on any atom is -0.465 e. The van der Waals surface area contributed by atoms with Gasteiger partial charge in [-0.25, -0.2) is 4.79 Å². The summed E-state index contributed by atoms with van der Waals surface area (Å²) in [5.41, 5.74) is 3.54. The van der Waals surface area contributed by atoms with Gasteiger partial charge in [0.05, 0.1) is 19.2 Å². The Morgan fingerprint density at radius 3 is 2.38 bits per heavy atom. The summed E-state index contributed by atoms with van der Waals surface area (Å²) in [5, 5.41) is 2.85. The van der Waals surface area contributed by atoms with E-state index in [1.54, 1.807) is 0 Å². The number of methoxy groups -OCH3 is 1. The van der Waals surface area contributed by atoms with Crippen LogP contribution < -0.4 is 5.32 Å². The molecule has 0 spiro atoms. The lowest BCUT2D eigenvalue weighted by Crippen LogP contribution is -2.16. The van der Waals surface area contributed by atoms with Crippen molar-refractivity contribution in [1.82, 2.24) is 0 Å². The average Bonchev–Trinajstić information content (AvgIpc) is 3.07. The SMILES string of the molecule is COC(=O)c1sc(-c2ccccc2)cc1NC(=O)Cc1ccc(C)cc1. The summed E-state index contributed by atoms with van der Waals surface area (Å²) in [5.74, 6) is -0.626. The zero-order valence-corrected chi connectivity index (χ0v) is 15.4. The third-order valence-electron chi connectivity index (χ3n) is 3.92. The van der Waals surface area contributed by atoms with Gasteiger partial charge in [-0.1, -0.05) is 60.2 Å². The van der Waals surface area contributed by atoms with E-state index in [0.717, 1.165) is 21.6 Å². The third kappa shape index (κ3) is 4.18. The highest BCUT2D eigenvalue weighted by molar-refractivity contribution is 7.18. The normalized spacial score (nSPS) is 10.4. The Balaban J connectivity index is 1.83. The fourth-order valence-corrected chi connectivity index (χ4v) is 3.60. The molecule has 0 aliphatic rings. The number of thiophene rings is 1. The van der Waals surface area contributed by atoms with Gasteiger partial charge in [0.2, 0.25) is 5.91 Å². The van der Waals surface area contributed by atoms with E-state index in [0.29, 0.717) is 10.6 Å². The predicted octanol–water partition coefficient (Wildman–Crippen LogP) is 4.69. The van der Waals surface area contributed by atoms with E-state index in [1.807, 2.05) is 67.6 Å². The van der Waals surface area contributed by atoms with Crippen LogP contribution in [0.15, 0.2) is 60.7 Å². The van der Waals surface area contributed by atoms with Crippen LogP contribution in [-0.4, -0.2) is 19.0 Å². The predicted molar refractivity (Wildman–Crippen MR) is 105 cm³/mol. The molecule has 0 unspecified atom stereocenters. The van der Waals surface area contributed by atoms with Gasteiger partial charge in [0, 0.05) is 4.88 Å². The zero-order valence-electron chi connectivity index (χ0n) is 14.6. The van der Waals surface area contributed by atoms with Crippen molar-refractivity contribution in [2.45, 2.75) is 13.3 Å². The minimum atomic E-state index is -0.456. The largest absolute Gasteiger partial charge is 0.465 e. The molecule has 1 heterocycles. The summed E-state index contributed by atoms with van der Waals surface area (Å²) in [6.45, 7) is 2.00. The van der Waals surface area contributed by atoms with Crippen LogP contribution in [0.25, 0.3) is 10.4 Å². The first-order chi connectivity index (χ1) is 12.6. The number of esters is 1. The van der Waals surface area contributed by atoms with Crippen molar-refractivity contribution in [1.29, 1.82) is 0 Å². The molecule has 26 heavy (non-hydrogen) atoms. The number of ether oxygens (including phenoxy) is 1. The fourth-order valence-electron chi connectivity index (χ4n) is 2.56. The van der Waals surface area contributed by atoms with Gasteiger partial charge in [0.15, 0.2) is 0 Å². The Hall–Kier alpha value is -2.92. The van der Waals surface area contributed by atoms with E-state index in [-0.39, 0.29) is 12.3 Å². The van der Waals surface area contributed by atoms with Crippen molar-refractivity contribution in [3.63, 3.8) is 0 Å². The molecule has 1 N–H and O–H groups in total. The molecule has 5 heteroatoms. The molecule has 0 radical (unpaired) electrons. The number of aryl methyl sites for hydroxylation is 1. The molecule has 0 fully saturated rings. The van der Waals surface area contributed by atoms with Crippen LogP contribution in [-0.2, 0) is 16.0 Å². The number of hydrogen-bond donors (Lipinski definition) is 1. The highest BCUT2D eigenvalue weighted by atomic mass is 32.1. The molecule has 0 aliphatic heterocycles. The zero-order chi connectivity index (χ0) is 18.5. The van der Waals surface area contributed by atoms with E-state index >= 15 is 0 Å². The number of nitrogens with one attached hydrogen (secondary N) is 1. The molecule has 1 amide bonds. The minimum absolute atomic E-state index is 0.170. The van der Waals surface area contributed by atoms with Gasteiger partial charge in [0.25, 0.3) is 0 Å². The molecule has 0 saturated carbocycles. The maximum atomic E-state index is 12.4. The van der Waals surface area contributed by atoms with Crippen molar-refractivity contribution < 1.29 is 14.3 Å². The molecule has 0 aliphatic carbocycles. The second kappa shape index (κ2) is 7.97. The van der Waals surface area contributed by atoms with Crippen LogP contribution in [0.5, 0.6) is 0 Å². The van der Waals surface area contributed by atoms with Crippen LogP contribution >= 0.6 is 11.3 Å². The van der Waals surface area contributed by atoms with Crippen LogP contribution in [0.2, 0.25) is 0 Å². The number of amides is 1. The Bertz CT molecular complexity index is 914. The summed E-state index contributed by atoms with van der Waals surface area (Å²) in [7, 11) is 1.34. The number of rotatable bonds is 5. The average molecular weight is 365 g/mol. The first-order valence-electron chi connectivity index (χ1n) is 8.20. The lowest BCUT2D eigenvalue weighted by atomic mass is 10.1. The first kappa shape index (κ1) is 17.9. The number of carbonyl (C=O) groups is 2. The fraction of sp³-hybridized carbons (Fsp3) is 0.143. The number of hydrogen-bond acceptors (Lipinski definition) is 4. The van der Waals surface area contributed by atoms with Crippen LogP contribution in [0.4, 0.5) is 5.69 Å². The van der Waals surface area contributed by atoms with Gasteiger partial charge in [0.1, 0.15) is 4.88 Å². The van der Waals surface area contributed by atoms with Gasteiger partial charge >= 0.3 is 5.97 Å². The Kier molecular flexibility index (Phi) is 5.49. The molecule has 1 aromatic heterocycles. The summed E-state index contributed by atoms with van der Waals surface area (Å²) >= 11 is 1.31. The van der Waals surface area contributed by atoms with E-state index in [1.165, 1.54) is 18.4 Å². The van der Waals surface area contributed by atoms with E-state index < -0.39 is 5.97 Å². The van der Waals surface area contributed by atoms with E-state index in [4.69, 9.17) is 4.74 Å². The van der Waals surface area contributed by atoms with Crippen molar-refractivity contribution in [2.75, 3.05) is 12.4 Å². The van der Waals surface area contributed by atoms with E-state index in [2.05, 4.69) is 5.32 Å². The molecular formula is C21H19NO3S. The number of anilines is 1. The Labute approximate surface area is 156 Å². The maximum Gasteiger partial charge on any atom is 0.350 e. The van der Waals surface area contributed by atoms with Gasteiger partial charge in [-0.05, 0) is 24.1 Å². The lowest BCUT2D eigenvalue weighted by Gasteiger charge is -2.06. The van der Waals surface area contributed by atoms with Crippen LogP contribution in [0, 0.1) is 6.92 Å². The second-order valence-corrected chi connectivity index (χ2v) is 6.97. The van der Waals surface area contributed by atoms with Crippen molar-refractivity contribution in [3.05, 3.63) is 76.7 Å². The first-order valence-corrected chi connectivity index (χ1v) is 9.01. The van der Waals surface area contributed by atoms with Crippen molar-refractivity contribution >= 4 is 28.9 Å². The molecular weight excluding hydrogens is 346 g/mol. The molecule has 3 rings (SSSR count). The summed E-state index contributed by atoms with van der Waals surface area (Å²) < 4.78 is 4.86. The van der Waals surface area contributed by atoms with Gasteiger partial charge < -0.3 is 10.1 Å². The third-order valence-corrected chi connectivity index (χ3v) is 5.08. The van der Waals surface area contributed by atoms with Gasteiger partial charge in [-0.2, -0.15) is 0 Å². The molecule has 0 saturated heterocycles. The van der Waals surface area contributed by atoms with E-state index in [9.17, 15) is 9.59 Å². The number of benzene rings is 2. The Morgan fingerprint density at radius 1 is 1.04 bits per heavy atom. The quantitative estimate of drug-likeness (QED) is 0.667. The summed E-state index contributed by atoms with van der Waals surface area (Å²) in [6, 6.07) is 19.3. The Morgan fingerprint density at radius 2 is 1.73 bits per heavy atom. The van der Waals surface area contributed by atoms with Gasteiger partial charge in [-0.3, -0.25) is 4.79 Å².